The second kappa shape index (κ2) is 4.40. The Labute approximate surface area is 113 Å². The molecule has 5 heteroatoms. The highest BCUT2D eigenvalue weighted by Crippen LogP contribution is 2.26. The fourth-order valence-electron chi connectivity index (χ4n) is 1.78. The monoisotopic (exact) mass is 273 g/mol. The summed E-state index contributed by atoms with van der Waals surface area (Å²) in [6, 6.07) is 11.5. The molecule has 0 saturated carbocycles. The van der Waals surface area contributed by atoms with Crippen LogP contribution in [0, 0.1) is 0 Å². The van der Waals surface area contributed by atoms with Gasteiger partial charge in [-0.2, -0.15) is 0 Å². The van der Waals surface area contributed by atoms with Gasteiger partial charge in [0.15, 0.2) is 5.58 Å². The molecule has 0 aliphatic carbocycles. The maximum atomic E-state index is 10.8. The predicted molar refractivity (Wildman–Crippen MR) is 71.4 cm³/mol. The van der Waals surface area contributed by atoms with Gasteiger partial charge in [-0.1, -0.05) is 11.6 Å². The Kier molecular flexibility index (Phi) is 2.72. The van der Waals surface area contributed by atoms with Gasteiger partial charge in [0.05, 0.1) is 5.56 Å². The molecule has 0 atom stereocenters. The molecular formula is C14H8ClNO3. The summed E-state index contributed by atoms with van der Waals surface area (Å²) >= 11 is 5.88. The molecule has 1 heterocycles. The van der Waals surface area contributed by atoms with Crippen molar-refractivity contribution < 1.29 is 14.3 Å². The minimum atomic E-state index is -0.962. The van der Waals surface area contributed by atoms with Crippen LogP contribution in [0.4, 0.5) is 0 Å². The maximum Gasteiger partial charge on any atom is 0.335 e. The molecule has 0 bridgehead atoms. The van der Waals surface area contributed by atoms with Gasteiger partial charge >= 0.3 is 5.97 Å². The fourth-order valence-corrected chi connectivity index (χ4v) is 1.95. The van der Waals surface area contributed by atoms with Gasteiger partial charge in [-0.3, -0.25) is 0 Å². The van der Waals surface area contributed by atoms with E-state index in [1.165, 1.54) is 12.1 Å². The number of benzene rings is 2. The molecule has 1 N–H and O–H groups in total. The topological polar surface area (TPSA) is 63.3 Å². The van der Waals surface area contributed by atoms with E-state index in [9.17, 15) is 4.79 Å². The Bertz CT molecular complexity index is 762. The molecule has 4 nitrogen and oxygen atoms in total. The third-order valence-electron chi connectivity index (χ3n) is 2.73. The summed E-state index contributed by atoms with van der Waals surface area (Å²) in [4.78, 5) is 15.1. The van der Waals surface area contributed by atoms with Crippen molar-refractivity contribution in [1.29, 1.82) is 0 Å². The van der Waals surface area contributed by atoms with Crippen molar-refractivity contribution in [2.45, 2.75) is 0 Å². The van der Waals surface area contributed by atoms with E-state index < -0.39 is 5.97 Å². The Morgan fingerprint density at radius 1 is 1.16 bits per heavy atom. The molecule has 0 spiro atoms. The number of nitrogens with zero attached hydrogens (tertiary/aromatic N) is 1. The van der Waals surface area contributed by atoms with Crippen molar-refractivity contribution in [3.63, 3.8) is 0 Å². The second-order valence-electron chi connectivity index (χ2n) is 4.01. The number of aromatic carboxylic acids is 1. The molecule has 0 aliphatic rings. The van der Waals surface area contributed by atoms with Gasteiger partial charge in [0, 0.05) is 10.6 Å². The summed E-state index contributed by atoms with van der Waals surface area (Å²) in [5, 5.41) is 9.43. The van der Waals surface area contributed by atoms with Gasteiger partial charge in [0.25, 0.3) is 0 Å². The molecule has 3 rings (SSSR count). The summed E-state index contributed by atoms with van der Waals surface area (Å²) in [6.45, 7) is 0. The molecule has 0 amide bonds. The Hall–Kier alpha value is -2.33. The smallest absolute Gasteiger partial charge is 0.335 e. The molecule has 0 saturated heterocycles. The van der Waals surface area contributed by atoms with Gasteiger partial charge in [0.2, 0.25) is 5.89 Å². The second-order valence-corrected chi connectivity index (χ2v) is 4.45. The van der Waals surface area contributed by atoms with E-state index in [1.54, 1.807) is 30.3 Å². The zero-order chi connectivity index (χ0) is 13.4. The summed E-state index contributed by atoms with van der Waals surface area (Å²) in [6.07, 6.45) is 0. The van der Waals surface area contributed by atoms with Crippen LogP contribution in [0.25, 0.3) is 22.6 Å². The molecule has 0 radical (unpaired) electrons. The van der Waals surface area contributed by atoms with Gasteiger partial charge in [0.1, 0.15) is 5.52 Å². The van der Waals surface area contributed by atoms with Gasteiger partial charge in [-0.15, -0.1) is 0 Å². The molecule has 1 aromatic heterocycles. The van der Waals surface area contributed by atoms with Gasteiger partial charge in [-0.05, 0) is 42.5 Å². The van der Waals surface area contributed by atoms with E-state index in [0.717, 1.165) is 5.56 Å². The molecule has 0 unspecified atom stereocenters. The zero-order valence-corrected chi connectivity index (χ0v) is 10.4. The molecule has 0 aliphatic heterocycles. The van der Waals surface area contributed by atoms with Crippen LogP contribution in [-0.2, 0) is 0 Å². The number of oxazole rings is 1. The Morgan fingerprint density at radius 3 is 2.58 bits per heavy atom. The summed E-state index contributed by atoms with van der Waals surface area (Å²) in [7, 11) is 0. The molecule has 0 fully saturated rings. The summed E-state index contributed by atoms with van der Waals surface area (Å²) in [5.41, 5.74) is 2.26. The normalized spacial score (nSPS) is 10.8. The largest absolute Gasteiger partial charge is 0.478 e. The number of carboxylic acid groups (broad SMARTS) is 1. The van der Waals surface area contributed by atoms with Crippen molar-refractivity contribution in [2.75, 3.05) is 0 Å². The zero-order valence-electron chi connectivity index (χ0n) is 9.63. The number of fused-ring (bicyclic) bond motifs is 1. The minimum absolute atomic E-state index is 0.225. The minimum Gasteiger partial charge on any atom is -0.478 e. The van der Waals surface area contributed by atoms with Crippen LogP contribution >= 0.6 is 11.6 Å². The SMILES string of the molecule is O=C(O)c1ccc(-c2nc3cc(Cl)ccc3o2)cc1. The number of rotatable bonds is 2. The first-order valence-corrected chi connectivity index (χ1v) is 5.91. The maximum absolute atomic E-state index is 10.8. The van der Waals surface area contributed by atoms with Crippen LogP contribution < -0.4 is 0 Å². The van der Waals surface area contributed by atoms with Crippen LogP contribution in [0.1, 0.15) is 10.4 Å². The van der Waals surface area contributed by atoms with E-state index in [1.807, 2.05) is 0 Å². The number of halogens is 1. The van der Waals surface area contributed by atoms with E-state index >= 15 is 0 Å². The van der Waals surface area contributed by atoms with Crippen LogP contribution in [0.15, 0.2) is 46.9 Å². The van der Waals surface area contributed by atoms with Crippen molar-refractivity contribution >= 4 is 28.7 Å². The number of carboxylic acids is 1. The van der Waals surface area contributed by atoms with Crippen molar-refractivity contribution in [1.82, 2.24) is 4.98 Å². The lowest BCUT2D eigenvalue weighted by atomic mass is 10.1. The summed E-state index contributed by atoms with van der Waals surface area (Å²) < 4.78 is 5.59. The number of hydrogen-bond acceptors (Lipinski definition) is 3. The van der Waals surface area contributed by atoms with E-state index in [2.05, 4.69) is 4.98 Å². The summed E-state index contributed by atoms with van der Waals surface area (Å²) in [5.74, 6) is -0.523. The van der Waals surface area contributed by atoms with Crippen molar-refractivity contribution in [3.05, 3.63) is 53.1 Å². The Balaban J connectivity index is 2.06. The van der Waals surface area contributed by atoms with E-state index in [4.69, 9.17) is 21.1 Å². The number of hydrogen-bond donors (Lipinski definition) is 1. The standard InChI is InChI=1S/C14H8ClNO3/c15-10-5-6-12-11(7-10)16-13(19-12)8-1-3-9(4-2-8)14(17)18/h1-7H,(H,17,18). The van der Waals surface area contributed by atoms with Crippen LogP contribution in [-0.4, -0.2) is 16.1 Å². The highest BCUT2D eigenvalue weighted by molar-refractivity contribution is 6.31. The predicted octanol–water partition coefficient (Wildman–Crippen LogP) is 3.85. The van der Waals surface area contributed by atoms with Crippen molar-refractivity contribution in [2.24, 2.45) is 0 Å². The molecular weight excluding hydrogens is 266 g/mol. The third kappa shape index (κ3) is 2.18. The lowest BCUT2D eigenvalue weighted by molar-refractivity contribution is 0.0697. The average Bonchev–Trinajstić information content (AvgIpc) is 2.81. The number of carbonyl (C=O) groups is 1. The van der Waals surface area contributed by atoms with Crippen LogP contribution in [0.3, 0.4) is 0 Å². The highest BCUT2D eigenvalue weighted by Gasteiger charge is 2.09. The quantitative estimate of drug-likeness (QED) is 0.770. The van der Waals surface area contributed by atoms with Gasteiger partial charge < -0.3 is 9.52 Å². The first-order chi connectivity index (χ1) is 9.13. The first kappa shape index (κ1) is 11.7. The first-order valence-electron chi connectivity index (χ1n) is 5.53. The van der Waals surface area contributed by atoms with Gasteiger partial charge in [-0.25, -0.2) is 9.78 Å². The Morgan fingerprint density at radius 2 is 1.89 bits per heavy atom. The lowest BCUT2D eigenvalue weighted by Gasteiger charge is -1.96. The van der Waals surface area contributed by atoms with Crippen molar-refractivity contribution in [3.8, 4) is 11.5 Å². The van der Waals surface area contributed by atoms with Crippen LogP contribution in [0.2, 0.25) is 5.02 Å². The number of aromatic nitrogens is 1. The molecule has 2 aromatic carbocycles. The third-order valence-corrected chi connectivity index (χ3v) is 2.96. The molecule has 19 heavy (non-hydrogen) atoms. The molecule has 3 aromatic rings. The van der Waals surface area contributed by atoms with E-state index in [-0.39, 0.29) is 5.56 Å². The molecule has 94 valence electrons. The lowest BCUT2D eigenvalue weighted by Crippen LogP contribution is -1.94. The fraction of sp³-hybridized carbons (Fsp3) is 0. The average molecular weight is 274 g/mol. The van der Waals surface area contributed by atoms with E-state index in [0.29, 0.717) is 22.0 Å². The van der Waals surface area contributed by atoms with Crippen LogP contribution in [0.5, 0.6) is 0 Å². The highest BCUT2D eigenvalue weighted by atomic mass is 35.5.